The second-order valence-corrected chi connectivity index (χ2v) is 6.23. The second kappa shape index (κ2) is 9.10. The number of hydrogen-bond donors (Lipinski definition) is 2. The lowest BCUT2D eigenvalue weighted by atomic mass is 10.1. The predicted molar refractivity (Wildman–Crippen MR) is 107 cm³/mol. The fourth-order valence-corrected chi connectivity index (χ4v) is 2.85. The van der Waals surface area contributed by atoms with Crippen LogP contribution < -0.4 is 19.5 Å². The summed E-state index contributed by atoms with van der Waals surface area (Å²) in [5.41, 5.74) is 0.619. The molecule has 3 aromatic rings. The average Bonchev–Trinajstić information content (AvgIpc) is 2.75. The molecule has 2 N–H and O–H groups in total. The van der Waals surface area contributed by atoms with Gasteiger partial charge < -0.3 is 24.6 Å². The van der Waals surface area contributed by atoms with Crippen molar-refractivity contribution in [1.29, 1.82) is 0 Å². The minimum Gasteiger partial charge on any atom is -0.493 e. The van der Waals surface area contributed by atoms with E-state index in [4.69, 9.17) is 14.2 Å². The first-order valence-electron chi connectivity index (χ1n) is 8.89. The lowest BCUT2D eigenvalue weighted by Crippen LogP contribution is -2.32. The van der Waals surface area contributed by atoms with Crippen molar-refractivity contribution in [2.45, 2.75) is 6.10 Å². The van der Waals surface area contributed by atoms with E-state index in [1.807, 2.05) is 42.5 Å². The lowest BCUT2D eigenvalue weighted by molar-refractivity contribution is -0.123. The van der Waals surface area contributed by atoms with Gasteiger partial charge in [-0.2, -0.15) is 0 Å². The molecule has 0 bridgehead atoms. The van der Waals surface area contributed by atoms with Gasteiger partial charge in [0.05, 0.1) is 20.3 Å². The molecule has 3 rings (SSSR count). The Morgan fingerprint density at radius 2 is 1.71 bits per heavy atom. The highest BCUT2D eigenvalue weighted by Gasteiger charge is 2.13. The molecule has 3 aromatic carbocycles. The van der Waals surface area contributed by atoms with Crippen LogP contribution in [0.3, 0.4) is 0 Å². The van der Waals surface area contributed by atoms with E-state index in [2.05, 4.69) is 5.32 Å². The van der Waals surface area contributed by atoms with Gasteiger partial charge in [0, 0.05) is 6.54 Å². The van der Waals surface area contributed by atoms with Crippen molar-refractivity contribution in [1.82, 2.24) is 5.32 Å². The van der Waals surface area contributed by atoms with Crippen LogP contribution in [0.2, 0.25) is 0 Å². The summed E-state index contributed by atoms with van der Waals surface area (Å²) in [4.78, 5) is 12.0. The van der Waals surface area contributed by atoms with Gasteiger partial charge in [-0.1, -0.05) is 36.4 Å². The molecule has 146 valence electrons. The molecule has 0 aliphatic heterocycles. The molecule has 0 heterocycles. The van der Waals surface area contributed by atoms with Gasteiger partial charge in [-0.15, -0.1) is 0 Å². The molecule has 0 aliphatic carbocycles. The van der Waals surface area contributed by atoms with Crippen LogP contribution in [0.15, 0.2) is 60.7 Å². The molecule has 0 radical (unpaired) electrons. The zero-order valence-corrected chi connectivity index (χ0v) is 15.8. The number of hydrogen-bond acceptors (Lipinski definition) is 5. The van der Waals surface area contributed by atoms with Crippen LogP contribution in [-0.4, -0.2) is 38.4 Å². The Bertz CT molecular complexity index is 957. The summed E-state index contributed by atoms with van der Waals surface area (Å²) in [6, 6.07) is 18.7. The number of methoxy groups -OCH3 is 2. The van der Waals surface area contributed by atoms with Gasteiger partial charge in [0.25, 0.3) is 5.91 Å². The quantitative estimate of drug-likeness (QED) is 0.627. The van der Waals surface area contributed by atoms with Gasteiger partial charge in [-0.3, -0.25) is 4.79 Å². The molecule has 0 saturated heterocycles. The molecule has 0 spiro atoms. The van der Waals surface area contributed by atoms with E-state index in [1.54, 1.807) is 25.3 Å². The van der Waals surface area contributed by atoms with E-state index in [0.717, 1.165) is 10.8 Å². The van der Waals surface area contributed by atoms with Gasteiger partial charge in [-0.25, -0.2) is 0 Å². The Hall–Kier alpha value is -3.25. The number of carbonyl (C=O) groups excluding carboxylic acids is 1. The van der Waals surface area contributed by atoms with E-state index in [-0.39, 0.29) is 19.1 Å². The van der Waals surface area contributed by atoms with Gasteiger partial charge in [-0.05, 0) is 40.6 Å². The summed E-state index contributed by atoms with van der Waals surface area (Å²) in [7, 11) is 3.07. The number of ether oxygens (including phenoxy) is 3. The molecule has 0 fully saturated rings. The van der Waals surface area contributed by atoms with E-state index in [1.165, 1.54) is 7.11 Å². The Morgan fingerprint density at radius 3 is 2.46 bits per heavy atom. The van der Waals surface area contributed by atoms with Crippen molar-refractivity contribution in [2.24, 2.45) is 0 Å². The molecule has 28 heavy (non-hydrogen) atoms. The highest BCUT2D eigenvalue weighted by molar-refractivity contribution is 5.84. The summed E-state index contributed by atoms with van der Waals surface area (Å²) in [5.74, 6) is 1.40. The number of carbonyl (C=O) groups is 1. The minimum absolute atomic E-state index is 0.0649. The van der Waals surface area contributed by atoms with Crippen LogP contribution in [0.4, 0.5) is 0 Å². The zero-order valence-electron chi connectivity index (χ0n) is 15.8. The fourth-order valence-electron chi connectivity index (χ4n) is 2.85. The number of nitrogens with one attached hydrogen (secondary N) is 1. The van der Waals surface area contributed by atoms with Gasteiger partial charge in [0.1, 0.15) is 5.75 Å². The van der Waals surface area contributed by atoms with Crippen LogP contribution in [0, 0.1) is 0 Å². The standard InChI is InChI=1S/C22H23NO5/c1-26-20-10-8-17(12-21(20)27-2)19(24)13-23-22(25)14-28-18-9-7-15-5-3-4-6-16(15)11-18/h3-12,19,24H,13-14H2,1-2H3,(H,23,25). The van der Waals surface area contributed by atoms with Crippen molar-refractivity contribution in [3.63, 3.8) is 0 Å². The number of aliphatic hydroxyl groups excluding tert-OH is 1. The first kappa shape index (κ1) is 19.5. The molecule has 1 unspecified atom stereocenters. The number of fused-ring (bicyclic) bond motifs is 1. The third-order valence-corrected chi connectivity index (χ3v) is 4.38. The van der Waals surface area contributed by atoms with Crippen molar-refractivity contribution < 1.29 is 24.1 Å². The molecule has 0 saturated carbocycles. The highest BCUT2D eigenvalue weighted by atomic mass is 16.5. The molecular formula is C22H23NO5. The molecule has 6 nitrogen and oxygen atoms in total. The first-order chi connectivity index (χ1) is 13.6. The topological polar surface area (TPSA) is 77.0 Å². The predicted octanol–water partition coefficient (Wildman–Crippen LogP) is 3.09. The largest absolute Gasteiger partial charge is 0.493 e. The summed E-state index contributed by atoms with van der Waals surface area (Å²) in [5, 5.41) is 15.1. The number of aliphatic hydroxyl groups is 1. The molecule has 1 amide bonds. The smallest absolute Gasteiger partial charge is 0.258 e. The molecule has 0 aliphatic rings. The second-order valence-electron chi connectivity index (χ2n) is 6.23. The van der Waals surface area contributed by atoms with E-state index in [0.29, 0.717) is 22.8 Å². The summed E-state index contributed by atoms with van der Waals surface area (Å²) in [6.45, 7) is -0.0631. The van der Waals surface area contributed by atoms with E-state index >= 15 is 0 Å². The maximum Gasteiger partial charge on any atom is 0.258 e. The SMILES string of the molecule is COc1ccc(C(O)CNC(=O)COc2ccc3ccccc3c2)cc1OC. The van der Waals surface area contributed by atoms with Crippen LogP contribution in [0.25, 0.3) is 10.8 Å². The third kappa shape index (κ3) is 4.72. The Kier molecular flexibility index (Phi) is 6.34. The zero-order chi connectivity index (χ0) is 19.9. The maximum atomic E-state index is 12.0. The Balaban J connectivity index is 1.52. The average molecular weight is 381 g/mol. The number of rotatable bonds is 8. The lowest BCUT2D eigenvalue weighted by Gasteiger charge is -2.15. The minimum atomic E-state index is -0.871. The first-order valence-corrected chi connectivity index (χ1v) is 8.89. The third-order valence-electron chi connectivity index (χ3n) is 4.38. The number of benzene rings is 3. The van der Waals surface area contributed by atoms with Crippen molar-refractivity contribution in [3.8, 4) is 17.2 Å². The monoisotopic (exact) mass is 381 g/mol. The Labute approximate surface area is 163 Å². The van der Waals surface area contributed by atoms with Gasteiger partial charge in [0.2, 0.25) is 0 Å². The van der Waals surface area contributed by atoms with Crippen LogP contribution >= 0.6 is 0 Å². The Morgan fingerprint density at radius 1 is 0.964 bits per heavy atom. The molecule has 0 aromatic heterocycles. The van der Waals surface area contributed by atoms with Gasteiger partial charge in [0.15, 0.2) is 18.1 Å². The van der Waals surface area contributed by atoms with E-state index < -0.39 is 6.10 Å². The molecule has 1 atom stereocenters. The van der Waals surface area contributed by atoms with Crippen molar-refractivity contribution in [3.05, 3.63) is 66.2 Å². The normalized spacial score (nSPS) is 11.7. The van der Waals surface area contributed by atoms with Crippen molar-refractivity contribution in [2.75, 3.05) is 27.4 Å². The van der Waals surface area contributed by atoms with E-state index in [9.17, 15) is 9.90 Å². The molecule has 6 heteroatoms. The van der Waals surface area contributed by atoms with Crippen LogP contribution in [-0.2, 0) is 4.79 Å². The molecular weight excluding hydrogens is 358 g/mol. The van der Waals surface area contributed by atoms with Crippen LogP contribution in [0.1, 0.15) is 11.7 Å². The summed E-state index contributed by atoms with van der Waals surface area (Å²) < 4.78 is 16.0. The maximum absolute atomic E-state index is 12.0. The summed E-state index contributed by atoms with van der Waals surface area (Å²) >= 11 is 0. The fraction of sp³-hybridized carbons (Fsp3) is 0.227. The highest BCUT2D eigenvalue weighted by Crippen LogP contribution is 2.29. The van der Waals surface area contributed by atoms with Crippen LogP contribution in [0.5, 0.6) is 17.2 Å². The van der Waals surface area contributed by atoms with Crippen molar-refractivity contribution >= 4 is 16.7 Å². The summed E-state index contributed by atoms with van der Waals surface area (Å²) in [6.07, 6.45) is -0.871. The number of amides is 1. The van der Waals surface area contributed by atoms with Gasteiger partial charge >= 0.3 is 0 Å².